The van der Waals surface area contributed by atoms with E-state index >= 15 is 0 Å². The summed E-state index contributed by atoms with van der Waals surface area (Å²) in [6, 6.07) is 12.3. The quantitative estimate of drug-likeness (QED) is 0.419. The molecule has 1 heterocycles. The van der Waals surface area contributed by atoms with Crippen LogP contribution in [0.2, 0.25) is 10.0 Å². The molecule has 0 saturated heterocycles. The molecule has 1 amide bonds. The zero-order valence-corrected chi connectivity index (χ0v) is 21.2. The van der Waals surface area contributed by atoms with E-state index in [-0.39, 0.29) is 20.6 Å². The number of thiophene rings is 1. The molecule has 178 valence electrons. The number of carbonyl (C=O) groups excluding carboxylic acids is 2. The fourth-order valence-electron chi connectivity index (χ4n) is 3.81. The van der Waals surface area contributed by atoms with Crippen molar-refractivity contribution in [3.8, 4) is 0 Å². The number of anilines is 2. The van der Waals surface area contributed by atoms with E-state index in [1.54, 1.807) is 24.3 Å². The van der Waals surface area contributed by atoms with E-state index in [9.17, 15) is 18.0 Å². The van der Waals surface area contributed by atoms with Gasteiger partial charge in [0.1, 0.15) is 11.5 Å². The van der Waals surface area contributed by atoms with Crippen LogP contribution in [0.15, 0.2) is 53.4 Å². The molecule has 11 heteroatoms. The van der Waals surface area contributed by atoms with Crippen molar-refractivity contribution in [2.24, 2.45) is 0 Å². The molecule has 0 atom stereocenters. The Morgan fingerprint density at radius 3 is 2.53 bits per heavy atom. The van der Waals surface area contributed by atoms with Crippen molar-refractivity contribution in [1.82, 2.24) is 0 Å². The van der Waals surface area contributed by atoms with Crippen molar-refractivity contribution in [3.63, 3.8) is 0 Å². The number of nitrogens with zero attached hydrogens (tertiary/aromatic N) is 1. The number of nitrogens with one attached hydrogen (secondary N) is 1. The summed E-state index contributed by atoms with van der Waals surface area (Å²) in [7, 11) is -2.89. The lowest BCUT2D eigenvalue weighted by Gasteiger charge is -2.25. The summed E-state index contributed by atoms with van der Waals surface area (Å²) in [5.41, 5.74) is 1.26. The van der Waals surface area contributed by atoms with Crippen molar-refractivity contribution < 1.29 is 22.7 Å². The minimum Gasteiger partial charge on any atom is -0.465 e. The first-order valence-corrected chi connectivity index (χ1v) is 13.3. The highest BCUT2D eigenvalue weighted by atomic mass is 35.5. The molecule has 0 bridgehead atoms. The highest BCUT2D eigenvalue weighted by molar-refractivity contribution is 7.92. The monoisotopic (exact) mass is 538 g/mol. The number of esters is 1. The number of ether oxygens (including phenoxy) is 1. The maximum Gasteiger partial charge on any atom is 0.341 e. The largest absolute Gasteiger partial charge is 0.465 e. The van der Waals surface area contributed by atoms with Gasteiger partial charge in [-0.1, -0.05) is 47.5 Å². The number of carbonyl (C=O) groups is 2. The van der Waals surface area contributed by atoms with Crippen LogP contribution < -0.4 is 9.62 Å². The van der Waals surface area contributed by atoms with Gasteiger partial charge in [-0.3, -0.25) is 9.10 Å². The lowest BCUT2D eigenvalue weighted by Crippen LogP contribution is -2.38. The van der Waals surface area contributed by atoms with Crippen LogP contribution in [0.4, 0.5) is 10.7 Å². The number of methoxy groups -OCH3 is 1. The van der Waals surface area contributed by atoms with Crippen molar-refractivity contribution in [2.45, 2.75) is 24.2 Å². The van der Waals surface area contributed by atoms with E-state index in [1.807, 2.05) is 0 Å². The molecule has 0 unspecified atom stereocenters. The smallest absolute Gasteiger partial charge is 0.341 e. The molecule has 4 rings (SSSR count). The zero-order valence-electron chi connectivity index (χ0n) is 18.0. The third-order valence-electron chi connectivity index (χ3n) is 5.38. The predicted octanol–water partition coefficient (Wildman–Crippen LogP) is 5.16. The zero-order chi connectivity index (χ0) is 24.5. The number of amides is 1. The van der Waals surface area contributed by atoms with Crippen LogP contribution in [0.25, 0.3) is 0 Å². The summed E-state index contributed by atoms with van der Waals surface area (Å²) in [6.07, 6.45) is 2.46. The summed E-state index contributed by atoms with van der Waals surface area (Å²) in [5, 5.41) is 3.20. The van der Waals surface area contributed by atoms with Crippen LogP contribution >= 0.6 is 34.5 Å². The van der Waals surface area contributed by atoms with Crippen molar-refractivity contribution in [2.75, 3.05) is 23.3 Å². The van der Waals surface area contributed by atoms with E-state index in [4.69, 9.17) is 27.9 Å². The van der Waals surface area contributed by atoms with Crippen LogP contribution in [-0.4, -0.2) is 33.9 Å². The fraction of sp³-hybridized carbons (Fsp3) is 0.217. The Kier molecular flexibility index (Phi) is 7.18. The first kappa shape index (κ1) is 24.5. The molecule has 1 N–H and O–H groups in total. The number of hydrogen-bond acceptors (Lipinski definition) is 6. The second-order valence-corrected chi connectivity index (χ2v) is 11.3. The van der Waals surface area contributed by atoms with Crippen molar-refractivity contribution in [1.29, 1.82) is 0 Å². The molecular formula is C23H20Cl2N2O5S2. The van der Waals surface area contributed by atoms with Gasteiger partial charge in [0, 0.05) is 4.88 Å². The van der Waals surface area contributed by atoms with Crippen molar-refractivity contribution in [3.05, 3.63) is 74.6 Å². The summed E-state index contributed by atoms with van der Waals surface area (Å²) in [6.45, 7) is -0.583. The molecule has 1 aliphatic carbocycles. The summed E-state index contributed by atoms with van der Waals surface area (Å²) >= 11 is 13.8. The topological polar surface area (TPSA) is 92.8 Å². The molecule has 0 radical (unpaired) electrons. The number of fused-ring (bicyclic) bond motifs is 1. The van der Waals surface area contributed by atoms with Gasteiger partial charge in [-0.05, 0) is 49.1 Å². The molecule has 0 saturated carbocycles. The van der Waals surface area contributed by atoms with E-state index in [1.165, 1.54) is 42.7 Å². The molecule has 7 nitrogen and oxygen atoms in total. The van der Waals surface area contributed by atoms with Gasteiger partial charge in [-0.15, -0.1) is 11.3 Å². The third kappa shape index (κ3) is 4.65. The Balaban J connectivity index is 1.70. The van der Waals surface area contributed by atoms with Crippen LogP contribution in [0.3, 0.4) is 0 Å². The second-order valence-electron chi connectivity index (χ2n) is 7.50. The van der Waals surface area contributed by atoms with E-state index in [0.717, 1.165) is 34.0 Å². The summed E-state index contributed by atoms with van der Waals surface area (Å²) in [4.78, 5) is 26.5. The molecule has 2 aromatic carbocycles. The van der Waals surface area contributed by atoms with Gasteiger partial charge in [0.15, 0.2) is 0 Å². The van der Waals surface area contributed by atoms with Gasteiger partial charge in [0.2, 0.25) is 5.91 Å². The maximum atomic E-state index is 13.5. The first-order valence-electron chi connectivity index (χ1n) is 10.3. The van der Waals surface area contributed by atoms with E-state index < -0.39 is 28.4 Å². The van der Waals surface area contributed by atoms with Gasteiger partial charge in [-0.25, -0.2) is 13.2 Å². The van der Waals surface area contributed by atoms with Gasteiger partial charge in [0.25, 0.3) is 10.0 Å². The minimum absolute atomic E-state index is 0.00169. The SMILES string of the molecule is COC(=O)c1c(NC(=O)CN(c2cccc(Cl)c2Cl)S(=O)(=O)c2ccccc2)sc2c1CCC2. The molecule has 1 aliphatic rings. The molecule has 34 heavy (non-hydrogen) atoms. The lowest BCUT2D eigenvalue weighted by atomic mass is 10.1. The van der Waals surface area contributed by atoms with Gasteiger partial charge >= 0.3 is 5.97 Å². The summed E-state index contributed by atoms with van der Waals surface area (Å²) in [5.74, 6) is -1.18. The van der Waals surface area contributed by atoms with Gasteiger partial charge < -0.3 is 10.1 Å². The Hall–Kier alpha value is -2.59. The van der Waals surface area contributed by atoms with Gasteiger partial charge in [0.05, 0.1) is 33.3 Å². The Bertz CT molecular complexity index is 1360. The average Bonchev–Trinajstić information content (AvgIpc) is 3.40. The van der Waals surface area contributed by atoms with Crippen LogP contribution in [0, 0.1) is 0 Å². The molecule has 0 aliphatic heterocycles. The number of rotatable bonds is 7. The number of aryl methyl sites for hydroxylation is 1. The van der Waals surface area contributed by atoms with Crippen LogP contribution in [0.5, 0.6) is 0 Å². The number of halogens is 2. The molecule has 0 fully saturated rings. The van der Waals surface area contributed by atoms with E-state index in [0.29, 0.717) is 10.6 Å². The van der Waals surface area contributed by atoms with Crippen LogP contribution in [0.1, 0.15) is 27.2 Å². The Labute approximate surface area is 211 Å². The highest BCUT2D eigenvalue weighted by Crippen LogP contribution is 2.40. The lowest BCUT2D eigenvalue weighted by molar-refractivity contribution is -0.114. The predicted molar refractivity (Wildman–Crippen MR) is 134 cm³/mol. The minimum atomic E-state index is -4.17. The molecule has 0 spiro atoms. The number of sulfonamides is 1. The molecular weight excluding hydrogens is 519 g/mol. The molecule has 3 aromatic rings. The Morgan fingerprint density at radius 1 is 1.09 bits per heavy atom. The van der Waals surface area contributed by atoms with Crippen LogP contribution in [-0.2, 0) is 32.4 Å². The normalized spacial score (nSPS) is 12.8. The maximum absolute atomic E-state index is 13.5. The number of hydrogen-bond donors (Lipinski definition) is 1. The Morgan fingerprint density at radius 2 is 1.82 bits per heavy atom. The van der Waals surface area contributed by atoms with Crippen molar-refractivity contribution >= 4 is 67.1 Å². The molecule has 1 aromatic heterocycles. The average molecular weight is 539 g/mol. The third-order valence-corrected chi connectivity index (χ3v) is 9.17. The summed E-state index contributed by atoms with van der Waals surface area (Å²) < 4.78 is 32.8. The highest BCUT2D eigenvalue weighted by Gasteiger charge is 2.32. The standard InChI is InChI=1S/C23H20Cl2N2O5S2/c1-32-23(29)20-15-9-5-12-18(15)33-22(20)26-19(28)13-27(17-11-6-10-16(24)21(17)25)34(30,31)14-7-3-2-4-8-14/h2-4,6-8,10-11H,5,9,12-13H2,1H3,(H,26,28). The van der Waals surface area contributed by atoms with Gasteiger partial charge in [-0.2, -0.15) is 0 Å². The first-order chi connectivity index (χ1) is 16.2. The fourth-order valence-corrected chi connectivity index (χ4v) is 7.01. The second kappa shape index (κ2) is 9.95. The van der Waals surface area contributed by atoms with E-state index in [2.05, 4.69) is 5.32 Å². The number of benzene rings is 2.